The van der Waals surface area contributed by atoms with E-state index < -0.39 is 0 Å². The van der Waals surface area contributed by atoms with Crippen LogP contribution in [-0.2, 0) is 16.1 Å². The molecule has 0 spiro atoms. The highest BCUT2D eigenvalue weighted by Crippen LogP contribution is 2.23. The van der Waals surface area contributed by atoms with E-state index in [1.54, 1.807) is 17.6 Å². The summed E-state index contributed by atoms with van der Waals surface area (Å²) in [6.07, 6.45) is 2.87. The van der Waals surface area contributed by atoms with Crippen molar-refractivity contribution in [3.63, 3.8) is 0 Å². The van der Waals surface area contributed by atoms with Crippen molar-refractivity contribution < 1.29 is 13.9 Å². The van der Waals surface area contributed by atoms with E-state index in [0.717, 1.165) is 29.4 Å². The summed E-state index contributed by atoms with van der Waals surface area (Å²) in [6.45, 7) is 3.72. The Hall–Kier alpha value is -1.66. The molecule has 6 heteroatoms. The molecule has 1 N–H and O–H groups in total. The minimum absolute atomic E-state index is 0.136. The predicted molar refractivity (Wildman–Crippen MR) is 77.4 cm³/mol. The van der Waals surface area contributed by atoms with Crippen molar-refractivity contribution in [2.24, 2.45) is 0 Å². The fourth-order valence-electron chi connectivity index (χ4n) is 1.71. The van der Waals surface area contributed by atoms with Crippen molar-refractivity contribution in [1.29, 1.82) is 0 Å². The van der Waals surface area contributed by atoms with Gasteiger partial charge in [-0.15, -0.1) is 11.3 Å². The molecule has 0 fully saturated rings. The number of rotatable bonds is 8. The molecule has 0 radical (unpaired) electrons. The summed E-state index contributed by atoms with van der Waals surface area (Å²) >= 11 is 1.56. The third-order valence-corrected chi connectivity index (χ3v) is 3.54. The maximum absolute atomic E-state index is 11.1. The normalized spacial score (nSPS) is 10.7. The minimum Gasteiger partial charge on any atom is -0.466 e. The van der Waals surface area contributed by atoms with Gasteiger partial charge in [0.15, 0.2) is 10.8 Å². The Kier molecular flexibility index (Phi) is 5.76. The van der Waals surface area contributed by atoms with Gasteiger partial charge in [-0.2, -0.15) is 0 Å². The third kappa shape index (κ3) is 4.47. The SMILES string of the molecule is CCOC(=O)CCCNCc1csc(-c2ccco2)n1. The van der Waals surface area contributed by atoms with E-state index >= 15 is 0 Å². The molecule has 108 valence electrons. The minimum atomic E-state index is -0.136. The van der Waals surface area contributed by atoms with Crippen LogP contribution in [0.4, 0.5) is 0 Å². The average Bonchev–Trinajstić information content (AvgIpc) is 3.09. The summed E-state index contributed by atoms with van der Waals surface area (Å²) < 4.78 is 10.2. The topological polar surface area (TPSA) is 64.4 Å². The maximum Gasteiger partial charge on any atom is 0.305 e. The lowest BCUT2D eigenvalue weighted by Gasteiger charge is -2.03. The Balaban J connectivity index is 1.66. The van der Waals surface area contributed by atoms with Gasteiger partial charge in [0.25, 0.3) is 0 Å². The van der Waals surface area contributed by atoms with E-state index in [1.165, 1.54) is 0 Å². The van der Waals surface area contributed by atoms with Crippen LogP contribution in [0.1, 0.15) is 25.5 Å². The van der Waals surface area contributed by atoms with E-state index in [-0.39, 0.29) is 5.97 Å². The molecule has 0 saturated carbocycles. The molecule has 2 aromatic heterocycles. The van der Waals surface area contributed by atoms with Gasteiger partial charge >= 0.3 is 5.97 Å². The monoisotopic (exact) mass is 294 g/mol. The molecule has 2 heterocycles. The zero-order chi connectivity index (χ0) is 14.2. The molecule has 0 saturated heterocycles. The van der Waals surface area contributed by atoms with Crippen molar-refractivity contribution in [1.82, 2.24) is 10.3 Å². The molecule has 0 aromatic carbocycles. The van der Waals surface area contributed by atoms with Crippen LogP contribution in [-0.4, -0.2) is 24.1 Å². The first-order valence-electron chi connectivity index (χ1n) is 6.64. The van der Waals surface area contributed by atoms with Crippen LogP contribution < -0.4 is 5.32 Å². The Labute approximate surface area is 122 Å². The predicted octanol–water partition coefficient (Wildman–Crippen LogP) is 2.84. The Bertz CT molecular complexity index is 522. The first-order valence-corrected chi connectivity index (χ1v) is 7.52. The van der Waals surface area contributed by atoms with Crippen molar-refractivity contribution in [2.45, 2.75) is 26.3 Å². The molecule has 20 heavy (non-hydrogen) atoms. The molecule has 0 aliphatic heterocycles. The Morgan fingerprint density at radius 3 is 3.20 bits per heavy atom. The Morgan fingerprint density at radius 2 is 2.45 bits per heavy atom. The highest BCUT2D eigenvalue weighted by atomic mass is 32.1. The van der Waals surface area contributed by atoms with Gasteiger partial charge in [0.2, 0.25) is 0 Å². The summed E-state index contributed by atoms with van der Waals surface area (Å²) in [4.78, 5) is 15.6. The largest absolute Gasteiger partial charge is 0.466 e. The lowest BCUT2D eigenvalue weighted by atomic mass is 10.3. The van der Waals surface area contributed by atoms with E-state index in [0.29, 0.717) is 19.6 Å². The van der Waals surface area contributed by atoms with Crippen LogP contribution in [0.15, 0.2) is 28.2 Å². The second-order valence-electron chi connectivity index (χ2n) is 4.21. The molecular formula is C14H18N2O3S. The van der Waals surface area contributed by atoms with Gasteiger partial charge in [-0.25, -0.2) is 4.98 Å². The van der Waals surface area contributed by atoms with Gasteiger partial charge in [0.05, 0.1) is 18.6 Å². The average molecular weight is 294 g/mol. The third-order valence-electron chi connectivity index (χ3n) is 2.63. The van der Waals surface area contributed by atoms with Crippen molar-refractivity contribution in [3.8, 4) is 10.8 Å². The van der Waals surface area contributed by atoms with Gasteiger partial charge in [-0.3, -0.25) is 4.79 Å². The number of hydrogen-bond acceptors (Lipinski definition) is 6. The summed E-state index contributed by atoms with van der Waals surface area (Å²) in [5.74, 6) is 0.659. The fourth-order valence-corrected chi connectivity index (χ4v) is 2.49. The number of aromatic nitrogens is 1. The van der Waals surface area contributed by atoms with Crippen LogP contribution in [0.5, 0.6) is 0 Å². The lowest BCUT2D eigenvalue weighted by molar-refractivity contribution is -0.143. The summed E-state index contributed by atoms with van der Waals surface area (Å²) in [5.41, 5.74) is 0.984. The number of furan rings is 1. The molecule has 2 rings (SSSR count). The summed E-state index contributed by atoms with van der Waals surface area (Å²) in [6, 6.07) is 3.75. The quantitative estimate of drug-likeness (QED) is 0.599. The standard InChI is InChI=1S/C14H18N2O3S/c1-2-18-13(17)6-3-7-15-9-11-10-20-14(16-11)12-5-4-8-19-12/h4-5,8,10,15H,2-3,6-7,9H2,1H3. The zero-order valence-corrected chi connectivity index (χ0v) is 12.2. The molecule has 0 unspecified atom stereocenters. The van der Waals surface area contributed by atoms with Crippen molar-refractivity contribution in [2.75, 3.05) is 13.2 Å². The number of carbonyl (C=O) groups excluding carboxylic acids is 1. The number of nitrogens with one attached hydrogen (secondary N) is 1. The van der Waals surface area contributed by atoms with Gasteiger partial charge in [0.1, 0.15) is 0 Å². The summed E-state index contributed by atoms with van der Waals surface area (Å²) in [5, 5.41) is 6.16. The van der Waals surface area contributed by atoms with E-state index in [1.807, 2.05) is 24.4 Å². The van der Waals surface area contributed by atoms with Crippen LogP contribution >= 0.6 is 11.3 Å². The van der Waals surface area contributed by atoms with Crippen LogP contribution in [0.2, 0.25) is 0 Å². The van der Waals surface area contributed by atoms with E-state index in [4.69, 9.17) is 9.15 Å². The second-order valence-corrected chi connectivity index (χ2v) is 5.06. The molecule has 0 bridgehead atoms. The second kappa shape index (κ2) is 7.81. The molecular weight excluding hydrogens is 276 g/mol. The molecule has 0 aliphatic rings. The van der Waals surface area contributed by atoms with Gasteiger partial charge < -0.3 is 14.5 Å². The molecule has 5 nitrogen and oxygen atoms in total. The smallest absolute Gasteiger partial charge is 0.305 e. The molecule has 2 aromatic rings. The number of nitrogens with zero attached hydrogens (tertiary/aromatic N) is 1. The summed E-state index contributed by atoms with van der Waals surface area (Å²) in [7, 11) is 0. The van der Waals surface area contributed by atoms with Crippen molar-refractivity contribution in [3.05, 3.63) is 29.5 Å². The number of carbonyl (C=O) groups is 1. The number of hydrogen-bond donors (Lipinski definition) is 1. The number of esters is 1. The van der Waals surface area contributed by atoms with Gasteiger partial charge in [0, 0.05) is 18.3 Å². The first-order chi connectivity index (χ1) is 9.79. The molecule has 0 amide bonds. The van der Waals surface area contributed by atoms with E-state index in [2.05, 4.69) is 10.3 Å². The maximum atomic E-state index is 11.1. The van der Waals surface area contributed by atoms with E-state index in [9.17, 15) is 4.79 Å². The molecule has 0 atom stereocenters. The highest BCUT2D eigenvalue weighted by Gasteiger charge is 2.06. The number of ether oxygens (including phenoxy) is 1. The number of thiazole rings is 1. The molecule has 0 aliphatic carbocycles. The first kappa shape index (κ1) is 14.7. The van der Waals surface area contributed by atoms with Gasteiger partial charge in [-0.1, -0.05) is 0 Å². The van der Waals surface area contributed by atoms with Crippen molar-refractivity contribution >= 4 is 17.3 Å². The fraction of sp³-hybridized carbons (Fsp3) is 0.429. The zero-order valence-electron chi connectivity index (χ0n) is 11.4. The van der Waals surface area contributed by atoms with Gasteiger partial charge in [-0.05, 0) is 32.0 Å². The van der Waals surface area contributed by atoms with Crippen LogP contribution in [0, 0.1) is 0 Å². The van der Waals surface area contributed by atoms with Crippen LogP contribution in [0.3, 0.4) is 0 Å². The lowest BCUT2D eigenvalue weighted by Crippen LogP contribution is -2.16. The Morgan fingerprint density at radius 1 is 1.55 bits per heavy atom. The highest BCUT2D eigenvalue weighted by molar-refractivity contribution is 7.13. The van der Waals surface area contributed by atoms with Crippen LogP contribution in [0.25, 0.3) is 10.8 Å².